The molecule has 2 bridgehead atoms. The van der Waals surface area contributed by atoms with Crippen LogP contribution in [0, 0.1) is 29.1 Å². The van der Waals surface area contributed by atoms with Gasteiger partial charge in [0, 0.05) is 26.6 Å². The number of hydrogen-bond acceptors (Lipinski definition) is 2. The van der Waals surface area contributed by atoms with E-state index in [1.54, 1.807) is 11.1 Å². The molecule has 4 aromatic rings. The highest BCUT2D eigenvalue weighted by Crippen LogP contribution is 2.89. The number of nitrogens with zero attached hydrogens (tertiary/aromatic N) is 1. The molecule has 6 atom stereocenters. The lowest BCUT2D eigenvalue weighted by Crippen LogP contribution is -2.74. The van der Waals surface area contributed by atoms with Crippen LogP contribution in [0.3, 0.4) is 0 Å². The van der Waals surface area contributed by atoms with Crippen molar-refractivity contribution in [1.82, 2.24) is 0 Å². The molecule has 2 heteroatoms. The second kappa shape index (κ2) is 10.0. The zero-order valence-electron chi connectivity index (χ0n) is 32.8. The summed E-state index contributed by atoms with van der Waals surface area (Å²) in [7, 11) is 0. The fourth-order valence-corrected chi connectivity index (χ4v) is 15.4. The zero-order chi connectivity index (χ0) is 35.8. The van der Waals surface area contributed by atoms with Gasteiger partial charge in [0.25, 0.3) is 0 Å². The Kier molecular flexibility index (Phi) is 6.25. The SMILES string of the molecule is CC1(C)CCC(C)(C)c2cc(N(c3ccc4c(c3)C(C)(C)CCC4(C)C)c3cccc4c3Sc3ccccc3C43C4CC5CC6CC3C64C5)ccc21. The largest absolute Gasteiger partial charge is 0.309 e. The van der Waals surface area contributed by atoms with Crippen molar-refractivity contribution in [3.8, 4) is 0 Å². The standard InChI is InChI=1S/C50H57NS/c1-45(2)20-22-47(5,6)38-27-32(16-18-34(38)45)51(33-17-19-35-39(28-33)48(7,8)23-21-46(35,3)4)40-14-11-13-37-44(40)52-41-15-10-9-12-36(41)50(37)42-25-30-24-31-26-43(50)49(31,42)29-30/h9-19,27-28,30-31,42-43H,20-26,29H2,1-8H3. The van der Waals surface area contributed by atoms with E-state index in [2.05, 4.69) is 151 Å². The van der Waals surface area contributed by atoms with Gasteiger partial charge in [0.1, 0.15) is 0 Å². The first-order valence-electron chi connectivity index (χ1n) is 20.7. The first-order valence-corrected chi connectivity index (χ1v) is 21.5. The Labute approximate surface area is 317 Å². The fourth-order valence-electron chi connectivity index (χ4n) is 14.1. The molecule has 1 aliphatic heterocycles. The van der Waals surface area contributed by atoms with Crippen molar-refractivity contribution in [2.24, 2.45) is 29.1 Å². The molecule has 52 heavy (non-hydrogen) atoms. The van der Waals surface area contributed by atoms with Crippen molar-refractivity contribution >= 4 is 28.8 Å². The van der Waals surface area contributed by atoms with Crippen LogP contribution in [0.1, 0.15) is 140 Å². The van der Waals surface area contributed by atoms with E-state index in [-0.39, 0.29) is 27.1 Å². The molecule has 7 aliphatic rings. The molecule has 1 heterocycles. The molecule has 0 aromatic heterocycles. The molecule has 0 radical (unpaired) electrons. The van der Waals surface area contributed by atoms with Crippen molar-refractivity contribution < 1.29 is 0 Å². The predicted molar refractivity (Wildman–Crippen MR) is 218 cm³/mol. The van der Waals surface area contributed by atoms with E-state index in [1.807, 2.05) is 0 Å². The second-order valence-electron chi connectivity index (χ2n) is 21.1. The van der Waals surface area contributed by atoms with Gasteiger partial charge in [-0.25, -0.2) is 0 Å². The molecule has 6 unspecified atom stereocenters. The van der Waals surface area contributed by atoms with Crippen LogP contribution in [0.4, 0.5) is 17.1 Å². The number of anilines is 3. The molecule has 4 fully saturated rings. The molecule has 4 saturated carbocycles. The van der Waals surface area contributed by atoms with Crippen molar-refractivity contribution in [2.45, 2.75) is 144 Å². The topological polar surface area (TPSA) is 3.24 Å². The lowest BCUT2D eigenvalue weighted by atomic mass is 9.26. The summed E-state index contributed by atoms with van der Waals surface area (Å²) >= 11 is 2.06. The van der Waals surface area contributed by atoms with Crippen LogP contribution >= 0.6 is 11.8 Å². The smallest absolute Gasteiger partial charge is 0.0604 e. The third kappa shape index (κ3) is 3.84. The minimum absolute atomic E-state index is 0.144. The highest BCUT2D eigenvalue weighted by Gasteiger charge is 2.84. The van der Waals surface area contributed by atoms with Crippen LogP contribution in [-0.2, 0) is 27.1 Å². The molecule has 268 valence electrons. The normalized spacial score (nSPS) is 33.8. The molecule has 11 rings (SSSR count). The molecular formula is C50H57NS. The van der Waals surface area contributed by atoms with Gasteiger partial charge >= 0.3 is 0 Å². The van der Waals surface area contributed by atoms with Gasteiger partial charge in [-0.05, 0) is 172 Å². The van der Waals surface area contributed by atoms with E-state index < -0.39 is 0 Å². The van der Waals surface area contributed by atoms with Crippen molar-refractivity contribution in [3.63, 3.8) is 0 Å². The van der Waals surface area contributed by atoms with Gasteiger partial charge in [-0.2, -0.15) is 0 Å². The molecule has 0 saturated heterocycles. The Bertz CT molecular complexity index is 2120. The summed E-state index contributed by atoms with van der Waals surface area (Å²) < 4.78 is 0. The number of fused-ring (bicyclic) bond motifs is 9. The van der Waals surface area contributed by atoms with E-state index >= 15 is 0 Å². The molecular weight excluding hydrogens is 647 g/mol. The summed E-state index contributed by atoms with van der Waals surface area (Å²) in [4.78, 5) is 5.71. The van der Waals surface area contributed by atoms with Gasteiger partial charge in [0.15, 0.2) is 0 Å². The van der Waals surface area contributed by atoms with Gasteiger partial charge in [0.2, 0.25) is 0 Å². The van der Waals surface area contributed by atoms with Crippen molar-refractivity contribution in [3.05, 3.63) is 112 Å². The van der Waals surface area contributed by atoms with Crippen LogP contribution in [-0.4, -0.2) is 0 Å². The third-order valence-corrected chi connectivity index (χ3v) is 18.1. The quantitative estimate of drug-likeness (QED) is 0.209. The van der Waals surface area contributed by atoms with E-state index in [0.29, 0.717) is 5.41 Å². The maximum absolute atomic E-state index is 2.70. The number of rotatable bonds is 3. The first kappa shape index (κ1) is 32.5. The second-order valence-corrected chi connectivity index (χ2v) is 22.2. The summed E-state index contributed by atoms with van der Waals surface area (Å²) in [6, 6.07) is 32.2. The Hall–Kier alpha value is -2.97. The average Bonchev–Trinajstić information content (AvgIpc) is 3.64. The van der Waals surface area contributed by atoms with Gasteiger partial charge in [0.05, 0.1) is 5.69 Å². The van der Waals surface area contributed by atoms with Crippen LogP contribution < -0.4 is 4.90 Å². The Balaban J connectivity index is 1.16. The van der Waals surface area contributed by atoms with Gasteiger partial charge in [-0.3, -0.25) is 0 Å². The molecule has 0 amide bonds. The Morgan fingerprint density at radius 2 is 1.10 bits per heavy atom. The van der Waals surface area contributed by atoms with Gasteiger partial charge in [-0.15, -0.1) is 0 Å². The summed E-state index contributed by atoms with van der Waals surface area (Å²) in [6.45, 7) is 19.7. The molecule has 1 nitrogen and oxygen atoms in total. The van der Waals surface area contributed by atoms with Crippen LogP contribution in [0.5, 0.6) is 0 Å². The summed E-state index contributed by atoms with van der Waals surface area (Å²) in [5, 5.41) is 0. The Morgan fingerprint density at radius 1 is 0.538 bits per heavy atom. The van der Waals surface area contributed by atoms with Crippen LogP contribution in [0.2, 0.25) is 0 Å². The molecule has 0 N–H and O–H groups in total. The van der Waals surface area contributed by atoms with Crippen molar-refractivity contribution in [1.29, 1.82) is 0 Å². The van der Waals surface area contributed by atoms with E-state index in [4.69, 9.17) is 0 Å². The van der Waals surface area contributed by atoms with Gasteiger partial charge < -0.3 is 4.90 Å². The fraction of sp³-hybridized carbons (Fsp3) is 0.520. The predicted octanol–water partition coefficient (Wildman–Crippen LogP) is 13.7. The number of hydrogen-bond donors (Lipinski definition) is 0. The van der Waals surface area contributed by atoms with E-state index in [0.717, 1.165) is 23.7 Å². The summed E-state index contributed by atoms with van der Waals surface area (Å²) in [5.41, 5.74) is 14.9. The van der Waals surface area contributed by atoms with E-state index in [1.165, 1.54) is 100 Å². The molecule has 6 aliphatic carbocycles. The van der Waals surface area contributed by atoms with Gasteiger partial charge in [-0.1, -0.05) is 110 Å². The maximum Gasteiger partial charge on any atom is 0.0604 e. The Morgan fingerprint density at radius 3 is 1.71 bits per heavy atom. The molecule has 2 spiro atoms. The lowest BCUT2D eigenvalue weighted by molar-refractivity contribution is -0.235. The van der Waals surface area contributed by atoms with Crippen LogP contribution in [0.25, 0.3) is 0 Å². The van der Waals surface area contributed by atoms with Crippen LogP contribution in [0.15, 0.2) is 88.7 Å². The molecule has 4 aromatic carbocycles. The minimum Gasteiger partial charge on any atom is -0.309 e. The zero-order valence-corrected chi connectivity index (χ0v) is 33.6. The summed E-state index contributed by atoms with van der Waals surface area (Å²) in [5.74, 6) is 3.54. The number of benzene rings is 4. The first-order chi connectivity index (χ1) is 24.7. The highest BCUT2D eigenvalue weighted by atomic mass is 32.2. The monoisotopic (exact) mass is 703 g/mol. The summed E-state index contributed by atoms with van der Waals surface area (Å²) in [6.07, 6.45) is 10.8. The minimum atomic E-state index is 0.144. The average molecular weight is 704 g/mol. The van der Waals surface area contributed by atoms with Crippen molar-refractivity contribution in [2.75, 3.05) is 4.90 Å². The lowest BCUT2D eigenvalue weighted by Gasteiger charge is -2.78. The maximum atomic E-state index is 2.70. The van der Waals surface area contributed by atoms with E-state index in [9.17, 15) is 0 Å². The highest BCUT2D eigenvalue weighted by molar-refractivity contribution is 7.99. The third-order valence-electron chi connectivity index (χ3n) is 16.9.